The van der Waals surface area contributed by atoms with E-state index in [1.54, 1.807) is 24.1 Å². The van der Waals surface area contributed by atoms with Crippen LogP contribution in [0.1, 0.15) is 78.3 Å². The van der Waals surface area contributed by atoms with Crippen molar-refractivity contribution < 1.29 is 27.5 Å². The average Bonchev–Trinajstić information content (AvgIpc) is 3.77. The molecule has 2 aromatic carbocycles. The van der Waals surface area contributed by atoms with Gasteiger partial charge >= 0.3 is 22.0 Å². The summed E-state index contributed by atoms with van der Waals surface area (Å²) in [5.41, 5.74) is 4.69. The van der Waals surface area contributed by atoms with Gasteiger partial charge < -0.3 is 24.4 Å². The molecule has 2 atom stereocenters. The highest BCUT2D eigenvalue weighted by Gasteiger charge is 2.59. The number of carbonyl (C=O) groups excluding carboxylic acids is 3. The number of fused-ring (bicyclic) bond motifs is 7. The van der Waals surface area contributed by atoms with Gasteiger partial charge in [-0.3, -0.25) is 14.4 Å². The Morgan fingerprint density at radius 3 is 2.47 bits per heavy atom. The van der Waals surface area contributed by atoms with Gasteiger partial charge in [0.25, 0.3) is 5.91 Å². The Morgan fingerprint density at radius 1 is 0.959 bits per heavy atom. The number of benzene rings is 2. The standard InChI is InChI=1S/C36H46N6O6S/c1-39(2)49(46,47)38-33(43)24-11-13-27-30(19-24)42-22-36(37-34(44)35(45)41-16-8-15-40(3)17-18-41)21-29(36)28-20-25(48-4)12-14-26(28)32(42)31(27)23-9-6-5-7-10-23/h11-14,19-20,23,29H,5-10,15-18,21-22H2,1-4H3,(H,37,44)(H,38,43). The second-order valence-corrected chi connectivity index (χ2v) is 16.3. The van der Waals surface area contributed by atoms with Crippen molar-refractivity contribution in [2.24, 2.45) is 0 Å². The van der Waals surface area contributed by atoms with Gasteiger partial charge in [-0.05, 0) is 86.7 Å². The zero-order valence-electron chi connectivity index (χ0n) is 28.8. The van der Waals surface area contributed by atoms with Crippen molar-refractivity contribution in [3.05, 3.63) is 53.1 Å². The maximum absolute atomic E-state index is 13.8. The van der Waals surface area contributed by atoms with E-state index in [-0.39, 0.29) is 11.5 Å². The molecular formula is C36H46N6O6S. The van der Waals surface area contributed by atoms with E-state index in [2.05, 4.69) is 31.6 Å². The topological polar surface area (TPSA) is 133 Å². The largest absolute Gasteiger partial charge is 0.497 e. The zero-order valence-corrected chi connectivity index (χ0v) is 29.6. The number of rotatable bonds is 6. The predicted molar refractivity (Wildman–Crippen MR) is 187 cm³/mol. The van der Waals surface area contributed by atoms with Crippen molar-refractivity contribution in [3.8, 4) is 17.0 Å². The van der Waals surface area contributed by atoms with Gasteiger partial charge in [-0.15, -0.1) is 0 Å². The van der Waals surface area contributed by atoms with Gasteiger partial charge in [0.15, 0.2) is 0 Å². The molecule has 3 fully saturated rings. The van der Waals surface area contributed by atoms with Crippen molar-refractivity contribution in [1.29, 1.82) is 0 Å². The first-order chi connectivity index (χ1) is 23.4. The molecule has 2 aliphatic carbocycles. The molecule has 1 saturated heterocycles. The van der Waals surface area contributed by atoms with Crippen LogP contribution in [0.15, 0.2) is 36.4 Å². The molecule has 2 aliphatic heterocycles. The number of likely N-dealkylation sites (N-methyl/N-ethyl adjacent to an activating group) is 1. The lowest BCUT2D eigenvalue weighted by molar-refractivity contribution is -0.146. The normalized spacial score (nSPS) is 22.8. The molecule has 1 aromatic heterocycles. The number of nitrogens with zero attached hydrogens (tertiary/aromatic N) is 4. The summed E-state index contributed by atoms with van der Waals surface area (Å²) < 4.78 is 36.1. The minimum absolute atomic E-state index is 0.0458. The summed E-state index contributed by atoms with van der Waals surface area (Å²) in [4.78, 5) is 44.5. The van der Waals surface area contributed by atoms with Crippen LogP contribution in [0.3, 0.4) is 0 Å². The Kier molecular flexibility index (Phi) is 8.73. The third kappa shape index (κ3) is 6.10. The van der Waals surface area contributed by atoms with Gasteiger partial charge in [0.1, 0.15) is 5.75 Å². The molecule has 3 heterocycles. The second kappa shape index (κ2) is 12.7. The van der Waals surface area contributed by atoms with Gasteiger partial charge in [-0.2, -0.15) is 12.7 Å². The van der Waals surface area contributed by atoms with E-state index in [4.69, 9.17) is 4.74 Å². The van der Waals surface area contributed by atoms with E-state index < -0.39 is 33.5 Å². The monoisotopic (exact) mass is 690 g/mol. The molecule has 4 aliphatic rings. The zero-order chi connectivity index (χ0) is 34.7. The fourth-order valence-electron chi connectivity index (χ4n) is 8.24. The highest BCUT2D eigenvalue weighted by molar-refractivity contribution is 7.87. The number of hydrogen-bond acceptors (Lipinski definition) is 7. The Balaban J connectivity index is 1.35. The summed E-state index contributed by atoms with van der Waals surface area (Å²) in [5.74, 6) is -0.843. The average molecular weight is 691 g/mol. The molecule has 49 heavy (non-hydrogen) atoms. The van der Waals surface area contributed by atoms with E-state index in [1.807, 2.05) is 19.2 Å². The van der Waals surface area contributed by atoms with Crippen molar-refractivity contribution >= 4 is 38.8 Å². The first-order valence-electron chi connectivity index (χ1n) is 17.3. The highest BCUT2D eigenvalue weighted by Crippen LogP contribution is 2.60. The number of methoxy groups -OCH3 is 1. The number of aromatic nitrogens is 1. The minimum Gasteiger partial charge on any atom is -0.497 e. The molecular weight excluding hydrogens is 644 g/mol. The number of nitrogens with one attached hydrogen (secondary N) is 2. The van der Waals surface area contributed by atoms with Crippen LogP contribution in [-0.2, 0) is 26.3 Å². The molecule has 2 unspecified atom stereocenters. The lowest BCUT2D eigenvalue weighted by atomic mass is 9.81. The molecule has 7 rings (SSSR count). The third-order valence-electron chi connectivity index (χ3n) is 11.0. The molecule has 0 radical (unpaired) electrons. The second-order valence-electron chi connectivity index (χ2n) is 14.4. The molecule has 12 nitrogen and oxygen atoms in total. The van der Waals surface area contributed by atoms with Crippen LogP contribution in [-0.4, -0.2) is 105 Å². The molecule has 3 amide bonds. The Hall–Kier alpha value is -3.94. The quantitative estimate of drug-likeness (QED) is 0.379. The summed E-state index contributed by atoms with van der Waals surface area (Å²) in [7, 11) is 2.40. The van der Waals surface area contributed by atoms with Crippen molar-refractivity contribution in [1.82, 2.24) is 28.7 Å². The first-order valence-corrected chi connectivity index (χ1v) is 18.8. The molecule has 2 saturated carbocycles. The number of hydrogen-bond donors (Lipinski definition) is 2. The van der Waals surface area contributed by atoms with Crippen molar-refractivity contribution in [2.75, 3.05) is 54.4 Å². The Morgan fingerprint density at radius 2 is 1.73 bits per heavy atom. The molecule has 0 bridgehead atoms. The van der Waals surface area contributed by atoms with E-state index in [9.17, 15) is 22.8 Å². The van der Waals surface area contributed by atoms with Crippen LogP contribution in [0.2, 0.25) is 0 Å². The van der Waals surface area contributed by atoms with Crippen LogP contribution in [0.25, 0.3) is 22.2 Å². The maximum atomic E-state index is 13.8. The van der Waals surface area contributed by atoms with Gasteiger partial charge in [-0.1, -0.05) is 25.3 Å². The van der Waals surface area contributed by atoms with Crippen molar-refractivity contribution in [2.45, 2.75) is 68.9 Å². The van der Waals surface area contributed by atoms with Gasteiger partial charge in [-0.25, -0.2) is 4.72 Å². The van der Waals surface area contributed by atoms with Crippen LogP contribution < -0.4 is 14.8 Å². The molecule has 0 spiro atoms. The number of carbonyl (C=O) groups is 3. The summed E-state index contributed by atoms with van der Waals surface area (Å²) in [6, 6.07) is 11.5. The predicted octanol–water partition coefficient (Wildman–Crippen LogP) is 3.42. The first kappa shape index (κ1) is 33.6. The van der Waals surface area contributed by atoms with Gasteiger partial charge in [0.2, 0.25) is 0 Å². The smallest absolute Gasteiger partial charge is 0.311 e. The van der Waals surface area contributed by atoms with Crippen LogP contribution in [0.4, 0.5) is 0 Å². The fraction of sp³-hybridized carbons (Fsp3) is 0.528. The number of amides is 3. The van der Waals surface area contributed by atoms with Crippen LogP contribution in [0.5, 0.6) is 5.75 Å². The van der Waals surface area contributed by atoms with E-state index in [0.29, 0.717) is 38.5 Å². The molecule has 2 N–H and O–H groups in total. The van der Waals surface area contributed by atoms with E-state index in [1.165, 1.54) is 26.1 Å². The van der Waals surface area contributed by atoms with E-state index >= 15 is 0 Å². The molecule has 262 valence electrons. The highest BCUT2D eigenvalue weighted by atomic mass is 32.2. The fourth-order valence-corrected chi connectivity index (χ4v) is 8.77. The van der Waals surface area contributed by atoms with Gasteiger partial charge in [0, 0.05) is 68.2 Å². The van der Waals surface area contributed by atoms with Crippen LogP contribution in [0, 0.1) is 0 Å². The molecule has 3 aromatic rings. The Bertz CT molecular complexity index is 1930. The Labute approximate surface area is 287 Å². The van der Waals surface area contributed by atoms with E-state index in [0.717, 1.165) is 76.4 Å². The minimum atomic E-state index is -4.00. The lowest BCUT2D eigenvalue weighted by Gasteiger charge is -2.25. The van der Waals surface area contributed by atoms with Crippen molar-refractivity contribution in [3.63, 3.8) is 0 Å². The third-order valence-corrected chi connectivity index (χ3v) is 12.5. The lowest BCUT2D eigenvalue weighted by Crippen LogP contribution is -2.50. The summed E-state index contributed by atoms with van der Waals surface area (Å²) in [5, 5.41) is 4.24. The summed E-state index contributed by atoms with van der Waals surface area (Å²) in [6.45, 7) is 3.04. The van der Waals surface area contributed by atoms with Gasteiger partial charge in [0.05, 0.1) is 18.3 Å². The SMILES string of the molecule is COc1ccc2c(c1)C1CC1(NC(=O)C(=O)N1CCCN(C)CC1)Cn1c-2c(C2CCCCC2)c2ccc(C(=O)NS(=O)(=O)N(C)C)cc21. The maximum Gasteiger partial charge on any atom is 0.311 e. The summed E-state index contributed by atoms with van der Waals surface area (Å²) >= 11 is 0. The molecule has 13 heteroatoms. The van der Waals surface area contributed by atoms with Crippen LogP contribution >= 0.6 is 0 Å². The summed E-state index contributed by atoms with van der Waals surface area (Å²) in [6.07, 6.45) is 7.01. The number of ether oxygens (including phenoxy) is 1.